The SMILES string of the molecule is CC1C(C)C2CC1C1COC(=O)C21C#N. The van der Waals surface area contributed by atoms with E-state index in [1.807, 2.05) is 0 Å². The number of cyclic esters (lactones) is 1. The highest BCUT2D eigenvalue weighted by Gasteiger charge is 2.71. The monoisotopic (exact) mass is 205 g/mol. The summed E-state index contributed by atoms with van der Waals surface area (Å²) in [7, 11) is 0. The van der Waals surface area contributed by atoms with E-state index in [1.54, 1.807) is 0 Å². The lowest BCUT2D eigenvalue weighted by atomic mass is 9.62. The molecule has 2 saturated carbocycles. The zero-order chi connectivity index (χ0) is 10.8. The van der Waals surface area contributed by atoms with Crippen LogP contribution in [0.15, 0.2) is 0 Å². The van der Waals surface area contributed by atoms with Gasteiger partial charge in [-0.05, 0) is 30.1 Å². The van der Waals surface area contributed by atoms with Gasteiger partial charge in [0.2, 0.25) is 0 Å². The summed E-state index contributed by atoms with van der Waals surface area (Å²) in [5, 5.41) is 9.37. The van der Waals surface area contributed by atoms with Gasteiger partial charge in [0.05, 0.1) is 12.7 Å². The van der Waals surface area contributed by atoms with Crippen molar-refractivity contribution < 1.29 is 9.53 Å². The first-order valence-electron chi connectivity index (χ1n) is 5.71. The third kappa shape index (κ3) is 0.770. The lowest BCUT2D eigenvalue weighted by Crippen LogP contribution is -2.43. The van der Waals surface area contributed by atoms with Gasteiger partial charge in [0, 0.05) is 5.92 Å². The van der Waals surface area contributed by atoms with Crippen molar-refractivity contribution >= 4 is 5.97 Å². The summed E-state index contributed by atoms with van der Waals surface area (Å²) in [5.41, 5.74) is -0.781. The van der Waals surface area contributed by atoms with Crippen molar-refractivity contribution in [2.75, 3.05) is 6.61 Å². The number of hydrogen-bond donors (Lipinski definition) is 0. The van der Waals surface area contributed by atoms with Gasteiger partial charge >= 0.3 is 5.97 Å². The van der Waals surface area contributed by atoms with E-state index in [-0.39, 0.29) is 17.8 Å². The first kappa shape index (κ1) is 9.21. The van der Waals surface area contributed by atoms with Gasteiger partial charge in [-0.15, -0.1) is 0 Å². The summed E-state index contributed by atoms with van der Waals surface area (Å²) in [6.45, 7) is 4.90. The predicted molar refractivity (Wildman–Crippen MR) is 52.4 cm³/mol. The molecule has 0 spiro atoms. The molecule has 3 nitrogen and oxygen atoms in total. The van der Waals surface area contributed by atoms with E-state index in [2.05, 4.69) is 19.9 Å². The molecule has 3 aliphatic rings. The number of carbonyl (C=O) groups excluding carboxylic acids is 1. The summed E-state index contributed by atoms with van der Waals surface area (Å²) in [6, 6.07) is 2.30. The summed E-state index contributed by atoms with van der Waals surface area (Å²) >= 11 is 0. The predicted octanol–water partition coefficient (Wildman–Crippen LogP) is 1.59. The van der Waals surface area contributed by atoms with Crippen LogP contribution in [-0.2, 0) is 9.53 Å². The van der Waals surface area contributed by atoms with E-state index in [0.29, 0.717) is 24.4 Å². The van der Waals surface area contributed by atoms with Crippen molar-refractivity contribution in [1.82, 2.24) is 0 Å². The largest absolute Gasteiger partial charge is 0.464 e. The Labute approximate surface area is 89.4 Å². The van der Waals surface area contributed by atoms with Crippen LogP contribution in [0.1, 0.15) is 20.3 Å². The second-order valence-electron chi connectivity index (χ2n) is 5.41. The second-order valence-corrected chi connectivity index (χ2v) is 5.41. The van der Waals surface area contributed by atoms with Crippen LogP contribution in [0.4, 0.5) is 0 Å². The molecule has 3 fully saturated rings. The molecule has 0 aromatic rings. The van der Waals surface area contributed by atoms with E-state index in [4.69, 9.17) is 4.74 Å². The molecule has 2 bridgehead atoms. The summed E-state index contributed by atoms with van der Waals surface area (Å²) in [6.07, 6.45) is 1.05. The molecular weight excluding hydrogens is 190 g/mol. The lowest BCUT2D eigenvalue weighted by molar-refractivity contribution is -0.146. The molecule has 0 N–H and O–H groups in total. The van der Waals surface area contributed by atoms with Crippen LogP contribution in [0.2, 0.25) is 0 Å². The van der Waals surface area contributed by atoms with Crippen LogP contribution in [0.5, 0.6) is 0 Å². The van der Waals surface area contributed by atoms with Crippen molar-refractivity contribution in [2.45, 2.75) is 20.3 Å². The molecule has 1 aliphatic heterocycles. The third-order valence-electron chi connectivity index (χ3n) is 5.27. The number of nitriles is 1. The fraction of sp³-hybridized carbons (Fsp3) is 0.833. The molecule has 6 atom stereocenters. The number of carbonyl (C=O) groups is 1. The highest BCUT2D eigenvalue weighted by molar-refractivity contribution is 5.84. The Bertz CT molecular complexity index is 372. The maximum absolute atomic E-state index is 11.8. The third-order valence-corrected chi connectivity index (χ3v) is 5.27. The minimum Gasteiger partial charge on any atom is -0.464 e. The van der Waals surface area contributed by atoms with Crippen LogP contribution < -0.4 is 0 Å². The molecule has 15 heavy (non-hydrogen) atoms. The van der Waals surface area contributed by atoms with Crippen LogP contribution >= 0.6 is 0 Å². The molecular formula is C12H15NO2. The van der Waals surface area contributed by atoms with Crippen LogP contribution in [0.25, 0.3) is 0 Å². The van der Waals surface area contributed by atoms with Gasteiger partial charge in [0.15, 0.2) is 5.41 Å². The molecule has 1 heterocycles. The molecule has 3 rings (SSSR count). The Kier molecular flexibility index (Phi) is 1.57. The fourth-order valence-electron chi connectivity index (χ4n) is 4.28. The normalized spacial score (nSPS) is 56.3. The van der Waals surface area contributed by atoms with Gasteiger partial charge < -0.3 is 4.74 Å². The number of esters is 1. The summed E-state index contributed by atoms with van der Waals surface area (Å²) in [5.74, 6) is 1.80. The topological polar surface area (TPSA) is 50.1 Å². The smallest absolute Gasteiger partial charge is 0.327 e. The second kappa shape index (κ2) is 2.55. The average Bonchev–Trinajstić information content (AvgIpc) is 2.81. The van der Waals surface area contributed by atoms with Gasteiger partial charge in [-0.2, -0.15) is 5.26 Å². The molecule has 0 aromatic heterocycles. The quantitative estimate of drug-likeness (QED) is 0.564. The molecule has 80 valence electrons. The molecule has 2 aliphatic carbocycles. The minimum atomic E-state index is -0.781. The first-order chi connectivity index (χ1) is 7.13. The molecule has 0 amide bonds. The first-order valence-corrected chi connectivity index (χ1v) is 5.71. The Hall–Kier alpha value is -1.04. The fourth-order valence-corrected chi connectivity index (χ4v) is 4.28. The number of ether oxygens (including phenoxy) is 1. The molecule has 0 aromatic carbocycles. The Balaban J connectivity index is 2.11. The minimum absolute atomic E-state index is 0.172. The summed E-state index contributed by atoms with van der Waals surface area (Å²) in [4.78, 5) is 11.8. The average molecular weight is 205 g/mol. The standard InChI is InChI=1S/C12H15NO2/c1-6-7(2)9-3-8(6)10-4-15-11(14)12(9,10)5-13/h6-10H,3-4H2,1-2H3. The van der Waals surface area contributed by atoms with Crippen LogP contribution in [0, 0.1) is 46.3 Å². The van der Waals surface area contributed by atoms with E-state index in [0.717, 1.165) is 6.42 Å². The van der Waals surface area contributed by atoms with Crippen molar-refractivity contribution in [2.24, 2.45) is 35.0 Å². The van der Waals surface area contributed by atoms with Gasteiger partial charge in [0.1, 0.15) is 0 Å². The lowest BCUT2D eigenvalue weighted by Gasteiger charge is -2.36. The van der Waals surface area contributed by atoms with E-state index >= 15 is 0 Å². The van der Waals surface area contributed by atoms with Gasteiger partial charge in [-0.1, -0.05) is 13.8 Å². The van der Waals surface area contributed by atoms with Gasteiger partial charge in [-0.3, -0.25) is 4.79 Å². The highest BCUT2D eigenvalue weighted by Crippen LogP contribution is 2.66. The Morgan fingerprint density at radius 2 is 2.13 bits per heavy atom. The molecule has 0 radical (unpaired) electrons. The van der Waals surface area contributed by atoms with E-state index in [9.17, 15) is 10.1 Å². The van der Waals surface area contributed by atoms with Crippen molar-refractivity contribution in [1.29, 1.82) is 5.26 Å². The zero-order valence-corrected chi connectivity index (χ0v) is 9.06. The Morgan fingerprint density at radius 3 is 2.80 bits per heavy atom. The molecule has 6 unspecified atom stereocenters. The Morgan fingerprint density at radius 1 is 1.40 bits per heavy atom. The maximum atomic E-state index is 11.8. The van der Waals surface area contributed by atoms with Gasteiger partial charge in [0.25, 0.3) is 0 Å². The van der Waals surface area contributed by atoms with Crippen LogP contribution in [-0.4, -0.2) is 12.6 Å². The van der Waals surface area contributed by atoms with Crippen molar-refractivity contribution in [3.05, 3.63) is 0 Å². The number of rotatable bonds is 0. The number of fused-ring (bicyclic) bond motifs is 5. The number of hydrogen-bond acceptors (Lipinski definition) is 3. The van der Waals surface area contributed by atoms with E-state index in [1.165, 1.54) is 0 Å². The maximum Gasteiger partial charge on any atom is 0.327 e. The molecule has 1 saturated heterocycles. The van der Waals surface area contributed by atoms with E-state index < -0.39 is 5.41 Å². The zero-order valence-electron chi connectivity index (χ0n) is 9.06. The highest BCUT2D eigenvalue weighted by atomic mass is 16.5. The molecule has 3 heteroatoms. The summed E-state index contributed by atoms with van der Waals surface area (Å²) < 4.78 is 5.13. The number of nitrogens with zero attached hydrogens (tertiary/aromatic N) is 1. The van der Waals surface area contributed by atoms with Gasteiger partial charge in [-0.25, -0.2) is 0 Å². The van der Waals surface area contributed by atoms with Crippen molar-refractivity contribution in [3.63, 3.8) is 0 Å². The van der Waals surface area contributed by atoms with Crippen molar-refractivity contribution in [3.8, 4) is 6.07 Å². The van der Waals surface area contributed by atoms with Crippen LogP contribution in [0.3, 0.4) is 0 Å².